The van der Waals surface area contributed by atoms with E-state index in [0.717, 1.165) is 17.0 Å². The predicted octanol–water partition coefficient (Wildman–Crippen LogP) is 5.77. The molecule has 0 bridgehead atoms. The maximum Gasteiger partial charge on any atom is 0.265 e. The monoisotopic (exact) mass is 449 g/mol. The van der Waals surface area contributed by atoms with Crippen molar-refractivity contribution in [3.8, 4) is 17.0 Å². The lowest BCUT2D eigenvalue weighted by Crippen LogP contribution is -2.13. The number of thiophene rings is 1. The molecule has 0 saturated carbocycles. The zero-order valence-electron chi connectivity index (χ0n) is 16.6. The van der Waals surface area contributed by atoms with E-state index in [2.05, 4.69) is 15.6 Å². The molecular formula is C23H19N3O3S2. The van der Waals surface area contributed by atoms with Crippen molar-refractivity contribution in [2.45, 2.75) is 6.92 Å². The van der Waals surface area contributed by atoms with Crippen LogP contribution in [0.2, 0.25) is 0 Å². The molecule has 31 heavy (non-hydrogen) atoms. The summed E-state index contributed by atoms with van der Waals surface area (Å²) in [7, 11) is 0. The van der Waals surface area contributed by atoms with Crippen LogP contribution in [0.15, 0.2) is 71.4 Å². The third-order valence-electron chi connectivity index (χ3n) is 4.34. The minimum Gasteiger partial charge on any atom is -0.493 e. The molecule has 0 saturated heterocycles. The molecule has 0 unspecified atom stereocenters. The number of para-hydroxylation sites is 1. The zero-order chi connectivity index (χ0) is 21.6. The molecule has 0 aliphatic rings. The van der Waals surface area contributed by atoms with Gasteiger partial charge in [-0.05, 0) is 54.8 Å². The first-order valence-electron chi connectivity index (χ1n) is 9.58. The number of thiazole rings is 1. The summed E-state index contributed by atoms with van der Waals surface area (Å²) in [6.45, 7) is 2.50. The standard InChI is InChI=1S/C23H19N3O3S2/c1-2-29-19-7-4-3-6-17(19)18-14-31-23(25-18)26-21(27)15-9-11-16(12-10-15)24-22(28)20-8-5-13-30-20/h3-14H,2H2,1H3,(H,24,28)(H,25,26,27). The normalized spacial score (nSPS) is 10.5. The van der Waals surface area contributed by atoms with Gasteiger partial charge in [0.05, 0.1) is 17.2 Å². The average Bonchev–Trinajstić information content (AvgIpc) is 3.47. The van der Waals surface area contributed by atoms with Gasteiger partial charge in [-0.25, -0.2) is 4.98 Å². The largest absolute Gasteiger partial charge is 0.493 e. The van der Waals surface area contributed by atoms with Crippen molar-refractivity contribution >= 4 is 45.3 Å². The number of carbonyl (C=O) groups is 2. The van der Waals surface area contributed by atoms with Gasteiger partial charge in [-0.1, -0.05) is 18.2 Å². The SMILES string of the molecule is CCOc1ccccc1-c1csc(NC(=O)c2ccc(NC(=O)c3cccs3)cc2)n1. The molecular weight excluding hydrogens is 430 g/mol. The molecule has 2 N–H and O–H groups in total. The summed E-state index contributed by atoms with van der Waals surface area (Å²) in [5.74, 6) is 0.318. The second kappa shape index (κ2) is 9.55. The number of amides is 2. The van der Waals surface area contributed by atoms with Crippen LogP contribution in [0.4, 0.5) is 10.8 Å². The minimum absolute atomic E-state index is 0.171. The van der Waals surface area contributed by atoms with Crippen molar-refractivity contribution in [3.63, 3.8) is 0 Å². The van der Waals surface area contributed by atoms with E-state index in [1.165, 1.54) is 22.7 Å². The number of ether oxygens (including phenoxy) is 1. The Labute approximate surface area is 187 Å². The maximum atomic E-state index is 12.6. The quantitative estimate of drug-likeness (QED) is 0.375. The molecule has 0 spiro atoms. The molecule has 4 rings (SSSR count). The number of hydrogen-bond acceptors (Lipinski definition) is 6. The van der Waals surface area contributed by atoms with Crippen LogP contribution in [0.5, 0.6) is 5.75 Å². The average molecular weight is 450 g/mol. The fourth-order valence-electron chi connectivity index (χ4n) is 2.89. The molecule has 2 aromatic heterocycles. The Hall–Kier alpha value is -3.49. The molecule has 2 heterocycles. The predicted molar refractivity (Wildman–Crippen MR) is 125 cm³/mol. The molecule has 156 valence electrons. The molecule has 0 aliphatic carbocycles. The summed E-state index contributed by atoms with van der Waals surface area (Å²) >= 11 is 2.72. The third kappa shape index (κ3) is 4.99. The number of hydrogen-bond donors (Lipinski definition) is 2. The van der Waals surface area contributed by atoms with Crippen molar-refractivity contribution in [2.75, 3.05) is 17.2 Å². The van der Waals surface area contributed by atoms with E-state index in [0.29, 0.717) is 27.9 Å². The summed E-state index contributed by atoms with van der Waals surface area (Å²) in [4.78, 5) is 29.9. The van der Waals surface area contributed by atoms with E-state index < -0.39 is 0 Å². The van der Waals surface area contributed by atoms with Crippen LogP contribution >= 0.6 is 22.7 Å². The summed E-state index contributed by atoms with van der Waals surface area (Å²) in [6.07, 6.45) is 0. The second-order valence-corrected chi connectivity index (χ2v) is 8.24. The van der Waals surface area contributed by atoms with Crippen LogP contribution < -0.4 is 15.4 Å². The molecule has 2 amide bonds. The van der Waals surface area contributed by atoms with Gasteiger partial charge in [0.15, 0.2) is 5.13 Å². The van der Waals surface area contributed by atoms with E-state index in [4.69, 9.17) is 4.74 Å². The maximum absolute atomic E-state index is 12.6. The molecule has 0 radical (unpaired) electrons. The van der Waals surface area contributed by atoms with Crippen LogP contribution in [-0.4, -0.2) is 23.4 Å². The van der Waals surface area contributed by atoms with Gasteiger partial charge in [-0.2, -0.15) is 0 Å². The summed E-state index contributed by atoms with van der Waals surface area (Å²) in [5, 5.41) is 9.88. The Kier molecular flexibility index (Phi) is 6.40. The topological polar surface area (TPSA) is 80.3 Å². The first-order chi connectivity index (χ1) is 15.1. The Morgan fingerprint density at radius 3 is 2.48 bits per heavy atom. The molecule has 0 aliphatic heterocycles. The fourth-order valence-corrected chi connectivity index (χ4v) is 4.21. The number of anilines is 2. The van der Waals surface area contributed by atoms with Crippen molar-refractivity contribution in [1.29, 1.82) is 0 Å². The molecule has 2 aromatic carbocycles. The van der Waals surface area contributed by atoms with Gasteiger partial charge in [-0.15, -0.1) is 22.7 Å². The fraction of sp³-hybridized carbons (Fsp3) is 0.0870. The molecule has 4 aromatic rings. The van der Waals surface area contributed by atoms with Gasteiger partial charge in [0, 0.05) is 22.2 Å². The smallest absolute Gasteiger partial charge is 0.265 e. The van der Waals surface area contributed by atoms with E-state index in [1.54, 1.807) is 30.3 Å². The Bertz CT molecular complexity index is 1190. The van der Waals surface area contributed by atoms with Crippen LogP contribution in [0, 0.1) is 0 Å². The van der Waals surface area contributed by atoms with Gasteiger partial charge in [0.2, 0.25) is 0 Å². The van der Waals surface area contributed by atoms with Crippen LogP contribution in [0.25, 0.3) is 11.3 Å². The number of nitrogens with zero attached hydrogens (tertiary/aromatic N) is 1. The first kappa shape index (κ1) is 20.8. The third-order valence-corrected chi connectivity index (χ3v) is 5.96. The lowest BCUT2D eigenvalue weighted by Gasteiger charge is -2.07. The van der Waals surface area contributed by atoms with Crippen LogP contribution in [-0.2, 0) is 0 Å². The molecule has 8 heteroatoms. The highest BCUT2D eigenvalue weighted by Crippen LogP contribution is 2.32. The van der Waals surface area contributed by atoms with E-state index in [-0.39, 0.29) is 11.8 Å². The minimum atomic E-state index is -0.268. The summed E-state index contributed by atoms with van der Waals surface area (Å²) in [6, 6.07) is 18.0. The van der Waals surface area contributed by atoms with E-state index in [9.17, 15) is 9.59 Å². The Morgan fingerprint density at radius 2 is 1.74 bits per heavy atom. The van der Waals surface area contributed by atoms with Crippen molar-refractivity contribution in [2.24, 2.45) is 0 Å². The molecule has 0 fully saturated rings. The second-order valence-electron chi connectivity index (χ2n) is 6.43. The van der Waals surface area contributed by atoms with Gasteiger partial charge in [0.25, 0.3) is 11.8 Å². The lowest BCUT2D eigenvalue weighted by molar-refractivity contribution is 0.102. The van der Waals surface area contributed by atoms with E-state index in [1.807, 2.05) is 48.0 Å². The van der Waals surface area contributed by atoms with Gasteiger partial charge in [-0.3, -0.25) is 14.9 Å². The Morgan fingerprint density at radius 1 is 0.935 bits per heavy atom. The van der Waals surface area contributed by atoms with Gasteiger partial charge < -0.3 is 10.1 Å². The summed E-state index contributed by atoms with van der Waals surface area (Å²) < 4.78 is 5.66. The van der Waals surface area contributed by atoms with Gasteiger partial charge in [0.1, 0.15) is 5.75 Å². The number of nitrogens with one attached hydrogen (secondary N) is 2. The van der Waals surface area contributed by atoms with Crippen molar-refractivity contribution in [3.05, 3.63) is 81.9 Å². The number of aromatic nitrogens is 1. The Balaban J connectivity index is 1.42. The lowest BCUT2D eigenvalue weighted by atomic mass is 10.1. The number of benzene rings is 2. The van der Waals surface area contributed by atoms with Gasteiger partial charge >= 0.3 is 0 Å². The van der Waals surface area contributed by atoms with Crippen LogP contribution in [0.3, 0.4) is 0 Å². The van der Waals surface area contributed by atoms with E-state index >= 15 is 0 Å². The zero-order valence-corrected chi connectivity index (χ0v) is 18.3. The van der Waals surface area contributed by atoms with Crippen molar-refractivity contribution < 1.29 is 14.3 Å². The highest BCUT2D eigenvalue weighted by Gasteiger charge is 2.13. The molecule has 6 nitrogen and oxygen atoms in total. The number of carbonyl (C=O) groups excluding carboxylic acids is 2. The van der Waals surface area contributed by atoms with Crippen LogP contribution in [0.1, 0.15) is 27.0 Å². The highest BCUT2D eigenvalue weighted by atomic mass is 32.1. The highest BCUT2D eigenvalue weighted by molar-refractivity contribution is 7.14. The first-order valence-corrected chi connectivity index (χ1v) is 11.3. The number of rotatable bonds is 7. The van der Waals surface area contributed by atoms with Crippen molar-refractivity contribution in [1.82, 2.24) is 4.98 Å². The summed E-state index contributed by atoms with van der Waals surface area (Å²) in [5.41, 5.74) is 2.72. The molecule has 0 atom stereocenters.